The van der Waals surface area contributed by atoms with Crippen molar-refractivity contribution in [1.29, 1.82) is 0 Å². The molecule has 2 aromatic carbocycles. The van der Waals surface area contributed by atoms with Crippen molar-refractivity contribution < 1.29 is 9.31 Å². The first-order valence-corrected chi connectivity index (χ1v) is 13.3. The van der Waals surface area contributed by atoms with E-state index in [1.807, 2.05) is 6.20 Å². The average Bonchev–Trinajstić information content (AvgIpc) is 3.48. The summed E-state index contributed by atoms with van der Waals surface area (Å²) >= 11 is 0. The fraction of sp³-hybridized carbons (Fsp3) is 0.452. The SMILES string of the molecule is CC1(C)OB(c2ccc(-c3ccc4c(c3)[C@]35CCC[C@]3(CCC5)c3ccccc3-4)nc2)OC1(C)C. The van der Waals surface area contributed by atoms with Crippen LogP contribution in [-0.2, 0) is 20.1 Å². The number of hydrogen-bond donors (Lipinski definition) is 0. The Bertz CT molecular complexity index is 1300. The number of fused-ring (bicyclic) bond motifs is 3. The van der Waals surface area contributed by atoms with Crippen LogP contribution in [0.4, 0.5) is 0 Å². The van der Waals surface area contributed by atoms with E-state index in [1.165, 1.54) is 55.2 Å². The van der Waals surface area contributed by atoms with Crippen LogP contribution in [0.15, 0.2) is 60.8 Å². The minimum Gasteiger partial charge on any atom is -0.399 e. The van der Waals surface area contributed by atoms with Gasteiger partial charge in [-0.25, -0.2) is 0 Å². The minimum absolute atomic E-state index is 0.287. The van der Waals surface area contributed by atoms with E-state index in [-0.39, 0.29) is 23.7 Å². The highest BCUT2D eigenvalue weighted by Crippen LogP contribution is 2.69. The molecule has 0 radical (unpaired) electrons. The minimum atomic E-state index is -0.377. The van der Waals surface area contributed by atoms with E-state index >= 15 is 0 Å². The van der Waals surface area contributed by atoms with Crippen LogP contribution >= 0.6 is 0 Å². The molecule has 2 saturated carbocycles. The van der Waals surface area contributed by atoms with Crippen LogP contribution in [0.2, 0.25) is 0 Å². The number of pyridine rings is 1. The first-order valence-electron chi connectivity index (χ1n) is 13.3. The standard InChI is InChI=1S/C31H34BNO2/c1-28(2)29(3,4)35-32(34-28)22-12-14-27(33-20-22)21-11-13-24-23-9-5-6-10-25(23)30-15-7-17-31(30,18-8-16-30)26(24)19-21/h5-6,9-14,19-20H,7-8,15-18H2,1-4H3/t30-,31+. The van der Waals surface area contributed by atoms with Crippen molar-refractivity contribution in [2.24, 2.45) is 0 Å². The van der Waals surface area contributed by atoms with Gasteiger partial charge in [-0.3, -0.25) is 4.98 Å². The quantitative estimate of drug-likeness (QED) is 0.403. The smallest absolute Gasteiger partial charge is 0.399 e. The molecule has 4 heteroatoms. The van der Waals surface area contributed by atoms with E-state index in [2.05, 4.69) is 82.3 Å². The number of hydrogen-bond acceptors (Lipinski definition) is 3. The van der Waals surface area contributed by atoms with Gasteiger partial charge in [0, 0.05) is 28.1 Å². The number of aromatic nitrogens is 1. The van der Waals surface area contributed by atoms with Gasteiger partial charge in [0.05, 0.1) is 16.9 Å². The molecule has 4 aliphatic rings. The van der Waals surface area contributed by atoms with E-state index in [1.54, 1.807) is 11.1 Å². The Hall–Kier alpha value is -2.43. The highest BCUT2D eigenvalue weighted by molar-refractivity contribution is 6.62. The van der Waals surface area contributed by atoms with Gasteiger partial charge in [-0.2, -0.15) is 0 Å². The molecule has 3 aliphatic carbocycles. The average molecular weight is 463 g/mol. The maximum absolute atomic E-state index is 6.23. The van der Waals surface area contributed by atoms with Crippen LogP contribution in [0.1, 0.15) is 77.3 Å². The molecule has 0 spiro atoms. The van der Waals surface area contributed by atoms with Crippen molar-refractivity contribution in [3.05, 3.63) is 71.9 Å². The van der Waals surface area contributed by atoms with Crippen molar-refractivity contribution >= 4 is 12.6 Å². The monoisotopic (exact) mass is 463 g/mol. The summed E-state index contributed by atoms with van der Waals surface area (Å²) in [6.45, 7) is 8.36. The molecule has 0 atom stereocenters. The highest BCUT2D eigenvalue weighted by Gasteiger charge is 2.62. The Balaban J connectivity index is 1.29. The van der Waals surface area contributed by atoms with Gasteiger partial charge in [-0.1, -0.05) is 55.3 Å². The van der Waals surface area contributed by atoms with Gasteiger partial charge in [-0.15, -0.1) is 0 Å². The Morgan fingerprint density at radius 3 is 2.00 bits per heavy atom. The highest BCUT2D eigenvalue weighted by atomic mass is 16.7. The third kappa shape index (κ3) is 2.79. The van der Waals surface area contributed by atoms with E-state index in [0.29, 0.717) is 5.41 Å². The Labute approximate surface area is 209 Å². The zero-order valence-electron chi connectivity index (χ0n) is 21.4. The maximum Gasteiger partial charge on any atom is 0.496 e. The molecular formula is C31H34BNO2. The zero-order valence-corrected chi connectivity index (χ0v) is 21.4. The summed E-state index contributed by atoms with van der Waals surface area (Å²) in [5, 5.41) is 0. The number of nitrogens with zero attached hydrogens (tertiary/aromatic N) is 1. The van der Waals surface area contributed by atoms with Crippen molar-refractivity contribution in [2.75, 3.05) is 0 Å². The molecular weight excluding hydrogens is 429 g/mol. The third-order valence-corrected chi connectivity index (χ3v) is 10.2. The van der Waals surface area contributed by atoms with E-state index in [9.17, 15) is 0 Å². The molecule has 0 amide bonds. The summed E-state index contributed by atoms with van der Waals surface area (Å²) in [5.41, 5.74) is 9.20. The van der Waals surface area contributed by atoms with Gasteiger partial charge in [0.1, 0.15) is 0 Å². The molecule has 7 rings (SSSR count). The summed E-state index contributed by atoms with van der Waals surface area (Å²) < 4.78 is 12.5. The van der Waals surface area contributed by atoms with E-state index in [4.69, 9.17) is 14.3 Å². The van der Waals surface area contributed by atoms with Gasteiger partial charge >= 0.3 is 7.12 Å². The van der Waals surface area contributed by atoms with Gasteiger partial charge in [-0.05, 0) is 87.8 Å². The topological polar surface area (TPSA) is 31.4 Å². The van der Waals surface area contributed by atoms with Crippen LogP contribution in [0.5, 0.6) is 0 Å². The first kappa shape index (κ1) is 21.8. The summed E-state index contributed by atoms with van der Waals surface area (Å²) in [6.07, 6.45) is 9.87. The van der Waals surface area contributed by atoms with E-state index < -0.39 is 0 Å². The molecule has 1 aliphatic heterocycles. The molecule has 178 valence electrons. The van der Waals surface area contributed by atoms with Crippen LogP contribution < -0.4 is 5.46 Å². The predicted octanol–water partition coefficient (Wildman–Crippen LogP) is 6.57. The lowest BCUT2D eigenvalue weighted by atomic mass is 9.55. The number of benzene rings is 2. The fourth-order valence-electron chi connectivity index (χ4n) is 7.81. The molecule has 1 saturated heterocycles. The fourth-order valence-corrected chi connectivity index (χ4v) is 7.81. The largest absolute Gasteiger partial charge is 0.496 e. The zero-order chi connectivity index (χ0) is 24.1. The second kappa shape index (κ2) is 7.08. The van der Waals surface area contributed by atoms with Crippen molar-refractivity contribution in [3.8, 4) is 22.4 Å². The van der Waals surface area contributed by atoms with Gasteiger partial charge in [0.25, 0.3) is 0 Å². The molecule has 3 fully saturated rings. The first-order chi connectivity index (χ1) is 16.8. The summed E-state index contributed by atoms with van der Waals surface area (Å²) in [4.78, 5) is 4.89. The van der Waals surface area contributed by atoms with Gasteiger partial charge < -0.3 is 9.31 Å². The molecule has 3 nitrogen and oxygen atoms in total. The van der Waals surface area contributed by atoms with Crippen LogP contribution in [0.25, 0.3) is 22.4 Å². The second-order valence-corrected chi connectivity index (χ2v) is 12.2. The van der Waals surface area contributed by atoms with Gasteiger partial charge in [0.2, 0.25) is 0 Å². The molecule has 0 bridgehead atoms. The van der Waals surface area contributed by atoms with Crippen LogP contribution in [0.3, 0.4) is 0 Å². The molecule has 2 heterocycles. The lowest BCUT2D eigenvalue weighted by Crippen LogP contribution is -2.43. The van der Waals surface area contributed by atoms with Gasteiger partial charge in [0.15, 0.2) is 0 Å². The molecule has 0 unspecified atom stereocenters. The summed E-state index contributed by atoms with van der Waals surface area (Å²) in [7, 11) is -0.377. The second-order valence-electron chi connectivity index (χ2n) is 12.2. The Morgan fingerprint density at radius 1 is 0.714 bits per heavy atom. The Morgan fingerprint density at radius 2 is 1.34 bits per heavy atom. The Kier molecular flexibility index (Phi) is 4.41. The van der Waals surface area contributed by atoms with Crippen molar-refractivity contribution in [3.63, 3.8) is 0 Å². The molecule has 35 heavy (non-hydrogen) atoms. The lowest BCUT2D eigenvalue weighted by Gasteiger charge is -2.48. The van der Waals surface area contributed by atoms with Crippen LogP contribution in [-0.4, -0.2) is 23.3 Å². The molecule has 3 aromatic rings. The van der Waals surface area contributed by atoms with E-state index in [0.717, 1.165) is 11.2 Å². The molecule has 0 N–H and O–H groups in total. The predicted molar refractivity (Wildman–Crippen MR) is 142 cm³/mol. The molecule has 1 aromatic heterocycles. The normalized spacial score (nSPS) is 29.4. The van der Waals surface area contributed by atoms with Crippen molar-refractivity contribution in [2.45, 2.75) is 88.3 Å². The summed E-state index contributed by atoms with van der Waals surface area (Å²) in [5.74, 6) is 0. The maximum atomic E-state index is 6.23. The number of rotatable bonds is 2. The summed E-state index contributed by atoms with van der Waals surface area (Å²) in [6, 6.07) is 20.6. The third-order valence-electron chi connectivity index (χ3n) is 10.2. The lowest BCUT2D eigenvalue weighted by molar-refractivity contribution is 0.00578. The van der Waals surface area contributed by atoms with Crippen LogP contribution in [0, 0.1) is 0 Å². The van der Waals surface area contributed by atoms with Crippen molar-refractivity contribution in [1.82, 2.24) is 4.98 Å².